The van der Waals surface area contributed by atoms with Crippen molar-refractivity contribution >= 4 is 10.1 Å². The van der Waals surface area contributed by atoms with Gasteiger partial charge in [-0.3, -0.25) is 4.55 Å². The standard InChI is InChI=1S/C8H14O3S/c1-3-5-8(2)6-4-7-12(9,10)11/h3,5H,1,4,6-7H2,2H3,(H,9,10,11)/b8-5-. The fraction of sp³-hybridized carbons (Fsp3) is 0.500. The summed E-state index contributed by atoms with van der Waals surface area (Å²) < 4.78 is 29.0. The summed E-state index contributed by atoms with van der Waals surface area (Å²) in [5, 5.41) is 0. The molecular formula is C8H14O3S. The lowest BCUT2D eigenvalue weighted by Gasteiger charge is -1.97. The molecule has 1 N–H and O–H groups in total. The zero-order chi connectivity index (χ0) is 9.61. The van der Waals surface area contributed by atoms with Crippen molar-refractivity contribution in [2.45, 2.75) is 19.8 Å². The minimum absolute atomic E-state index is 0.171. The predicted molar refractivity (Wildman–Crippen MR) is 49.6 cm³/mol. The second kappa shape index (κ2) is 5.11. The first-order valence-corrected chi connectivity index (χ1v) is 5.30. The van der Waals surface area contributed by atoms with Crippen LogP contribution < -0.4 is 0 Å². The van der Waals surface area contributed by atoms with E-state index in [4.69, 9.17) is 4.55 Å². The average molecular weight is 190 g/mol. The molecule has 0 aliphatic rings. The molecule has 0 saturated heterocycles. The highest BCUT2D eigenvalue weighted by atomic mass is 32.2. The minimum Gasteiger partial charge on any atom is -0.286 e. The van der Waals surface area contributed by atoms with Gasteiger partial charge in [0.05, 0.1) is 5.75 Å². The Labute approximate surface area is 73.5 Å². The van der Waals surface area contributed by atoms with Crippen LogP contribution in [0, 0.1) is 0 Å². The van der Waals surface area contributed by atoms with Crippen molar-refractivity contribution in [3.8, 4) is 0 Å². The van der Waals surface area contributed by atoms with Crippen LogP contribution in [0.2, 0.25) is 0 Å². The topological polar surface area (TPSA) is 54.4 Å². The van der Waals surface area contributed by atoms with E-state index in [1.165, 1.54) is 0 Å². The van der Waals surface area contributed by atoms with Crippen LogP contribution in [0.25, 0.3) is 0 Å². The van der Waals surface area contributed by atoms with Gasteiger partial charge in [0.25, 0.3) is 10.1 Å². The molecule has 0 unspecified atom stereocenters. The maximum Gasteiger partial charge on any atom is 0.264 e. The zero-order valence-electron chi connectivity index (χ0n) is 7.16. The summed E-state index contributed by atoms with van der Waals surface area (Å²) >= 11 is 0. The number of hydrogen-bond acceptors (Lipinski definition) is 2. The Morgan fingerprint density at radius 3 is 2.58 bits per heavy atom. The maximum absolute atomic E-state index is 10.3. The van der Waals surface area contributed by atoms with Crippen LogP contribution in [0.4, 0.5) is 0 Å². The van der Waals surface area contributed by atoms with Crippen molar-refractivity contribution in [1.29, 1.82) is 0 Å². The molecule has 0 aliphatic heterocycles. The molecule has 0 saturated carbocycles. The molecule has 0 spiro atoms. The van der Waals surface area contributed by atoms with Crippen LogP contribution in [0.1, 0.15) is 19.8 Å². The lowest BCUT2D eigenvalue weighted by Crippen LogP contribution is -2.03. The molecule has 0 rings (SSSR count). The smallest absolute Gasteiger partial charge is 0.264 e. The number of allylic oxidation sites excluding steroid dienone is 3. The zero-order valence-corrected chi connectivity index (χ0v) is 7.97. The van der Waals surface area contributed by atoms with E-state index in [1.54, 1.807) is 6.08 Å². The molecule has 0 radical (unpaired) electrons. The van der Waals surface area contributed by atoms with Crippen LogP contribution >= 0.6 is 0 Å². The van der Waals surface area contributed by atoms with Gasteiger partial charge in [0, 0.05) is 0 Å². The van der Waals surface area contributed by atoms with E-state index in [2.05, 4.69) is 6.58 Å². The molecular weight excluding hydrogens is 176 g/mol. The van der Waals surface area contributed by atoms with E-state index in [1.807, 2.05) is 13.0 Å². The molecule has 0 aromatic carbocycles. The molecule has 0 aliphatic carbocycles. The van der Waals surface area contributed by atoms with Crippen molar-refractivity contribution in [3.63, 3.8) is 0 Å². The van der Waals surface area contributed by atoms with Crippen LogP contribution in [0.3, 0.4) is 0 Å². The van der Waals surface area contributed by atoms with Gasteiger partial charge in [0.1, 0.15) is 0 Å². The Kier molecular flexibility index (Phi) is 4.85. The summed E-state index contributed by atoms with van der Waals surface area (Å²) in [6.45, 7) is 5.41. The normalized spacial score (nSPS) is 13.0. The van der Waals surface area contributed by atoms with Crippen LogP contribution in [0.5, 0.6) is 0 Å². The molecule has 0 fully saturated rings. The van der Waals surface area contributed by atoms with E-state index in [0.29, 0.717) is 12.8 Å². The van der Waals surface area contributed by atoms with Crippen molar-refractivity contribution in [2.24, 2.45) is 0 Å². The third-order valence-electron chi connectivity index (χ3n) is 1.38. The summed E-state index contributed by atoms with van der Waals surface area (Å²) in [6.07, 6.45) is 4.60. The Bertz CT molecular complexity index is 262. The van der Waals surface area contributed by atoms with E-state index < -0.39 is 10.1 Å². The maximum atomic E-state index is 10.3. The fourth-order valence-corrected chi connectivity index (χ4v) is 1.33. The minimum atomic E-state index is -3.79. The monoisotopic (exact) mass is 190 g/mol. The van der Waals surface area contributed by atoms with E-state index in [9.17, 15) is 8.42 Å². The van der Waals surface area contributed by atoms with Gasteiger partial charge < -0.3 is 0 Å². The first-order chi connectivity index (χ1) is 5.45. The molecule has 0 bridgehead atoms. The van der Waals surface area contributed by atoms with Gasteiger partial charge in [-0.25, -0.2) is 0 Å². The van der Waals surface area contributed by atoms with Gasteiger partial charge in [-0.1, -0.05) is 24.3 Å². The highest BCUT2D eigenvalue weighted by Crippen LogP contribution is 2.04. The van der Waals surface area contributed by atoms with Crippen molar-refractivity contribution in [3.05, 3.63) is 24.3 Å². The molecule has 0 aromatic heterocycles. The van der Waals surface area contributed by atoms with Crippen LogP contribution in [0.15, 0.2) is 24.3 Å². The predicted octanol–water partition coefficient (Wildman–Crippen LogP) is 1.79. The number of hydrogen-bond donors (Lipinski definition) is 1. The Morgan fingerprint density at radius 2 is 2.17 bits per heavy atom. The molecule has 0 aromatic rings. The second-order valence-electron chi connectivity index (χ2n) is 2.64. The van der Waals surface area contributed by atoms with Crippen molar-refractivity contribution < 1.29 is 13.0 Å². The molecule has 0 heterocycles. The van der Waals surface area contributed by atoms with Crippen LogP contribution in [-0.2, 0) is 10.1 Å². The molecule has 0 atom stereocenters. The SMILES string of the molecule is C=C/C=C(/C)CCCS(=O)(=O)O. The summed E-state index contributed by atoms with van der Waals surface area (Å²) in [5.41, 5.74) is 1.06. The molecule has 0 amide bonds. The molecule has 3 nitrogen and oxygen atoms in total. The third kappa shape index (κ3) is 7.50. The van der Waals surface area contributed by atoms with Gasteiger partial charge in [-0.2, -0.15) is 8.42 Å². The second-order valence-corrected chi connectivity index (χ2v) is 4.21. The van der Waals surface area contributed by atoms with E-state index in [0.717, 1.165) is 5.57 Å². The highest BCUT2D eigenvalue weighted by Gasteiger charge is 2.02. The average Bonchev–Trinajstić information content (AvgIpc) is 1.84. The van der Waals surface area contributed by atoms with Crippen LogP contribution in [-0.4, -0.2) is 18.7 Å². The summed E-state index contributed by atoms with van der Waals surface area (Å²) in [7, 11) is -3.79. The lowest BCUT2D eigenvalue weighted by atomic mass is 10.2. The quantitative estimate of drug-likeness (QED) is 0.531. The first kappa shape index (κ1) is 11.4. The van der Waals surface area contributed by atoms with Crippen molar-refractivity contribution in [1.82, 2.24) is 0 Å². The first-order valence-electron chi connectivity index (χ1n) is 3.69. The summed E-state index contributed by atoms with van der Waals surface area (Å²) in [6, 6.07) is 0. The molecule has 4 heteroatoms. The van der Waals surface area contributed by atoms with Gasteiger partial charge >= 0.3 is 0 Å². The fourth-order valence-electron chi connectivity index (χ4n) is 0.818. The Balaban J connectivity index is 3.72. The molecule has 12 heavy (non-hydrogen) atoms. The van der Waals surface area contributed by atoms with Crippen molar-refractivity contribution in [2.75, 3.05) is 5.75 Å². The van der Waals surface area contributed by atoms with Gasteiger partial charge in [0.15, 0.2) is 0 Å². The summed E-state index contributed by atoms with van der Waals surface area (Å²) in [5.74, 6) is -0.171. The number of rotatable bonds is 5. The third-order valence-corrected chi connectivity index (χ3v) is 2.18. The Hall–Kier alpha value is -0.610. The van der Waals surface area contributed by atoms with Gasteiger partial charge in [0.2, 0.25) is 0 Å². The van der Waals surface area contributed by atoms with Gasteiger partial charge in [-0.05, 0) is 19.8 Å². The highest BCUT2D eigenvalue weighted by molar-refractivity contribution is 7.85. The largest absolute Gasteiger partial charge is 0.286 e. The lowest BCUT2D eigenvalue weighted by molar-refractivity contribution is 0.481. The van der Waals surface area contributed by atoms with Gasteiger partial charge in [-0.15, -0.1) is 0 Å². The Morgan fingerprint density at radius 1 is 1.58 bits per heavy atom. The van der Waals surface area contributed by atoms with E-state index >= 15 is 0 Å². The van der Waals surface area contributed by atoms with E-state index in [-0.39, 0.29) is 5.75 Å². The summed E-state index contributed by atoms with van der Waals surface area (Å²) in [4.78, 5) is 0. The molecule has 70 valence electrons.